The fourth-order valence-electron chi connectivity index (χ4n) is 4.97. The summed E-state index contributed by atoms with van der Waals surface area (Å²) in [5, 5.41) is 20.7. The standard InChI is InChI=1S/C29H36F5NO4S/c1-21-25-20-24(37)14-15-26(25)35(27(21)22-10-12-23(36)13-11-22)17-7-5-3-2-4-6-8-18-40(38,39)19-9-16-28(30,31)29(32,33)34/h10-15,20,36-37H,2-9,16-19H2,1H3. The van der Waals surface area contributed by atoms with Gasteiger partial charge in [-0.25, -0.2) is 8.42 Å². The van der Waals surface area contributed by atoms with Crippen molar-refractivity contribution in [3.63, 3.8) is 0 Å². The summed E-state index contributed by atoms with van der Waals surface area (Å²) in [4.78, 5) is 0. The smallest absolute Gasteiger partial charge is 0.453 e. The maximum absolute atomic E-state index is 12.9. The van der Waals surface area contributed by atoms with Gasteiger partial charge in [0, 0.05) is 23.9 Å². The van der Waals surface area contributed by atoms with Crippen molar-refractivity contribution in [3.05, 3.63) is 48.0 Å². The van der Waals surface area contributed by atoms with Crippen molar-refractivity contribution in [2.75, 3.05) is 11.5 Å². The normalized spacial score (nSPS) is 12.8. The third kappa shape index (κ3) is 8.34. The molecule has 3 aromatic rings. The van der Waals surface area contributed by atoms with Gasteiger partial charge in [-0.05, 0) is 79.8 Å². The molecule has 0 atom stereocenters. The number of hydrogen-bond donors (Lipinski definition) is 2. The van der Waals surface area contributed by atoms with E-state index in [0.717, 1.165) is 66.4 Å². The van der Waals surface area contributed by atoms with Crippen LogP contribution in [0, 0.1) is 6.92 Å². The Hall–Kier alpha value is -2.82. The zero-order valence-corrected chi connectivity index (χ0v) is 23.3. The third-order valence-electron chi connectivity index (χ3n) is 7.14. The monoisotopic (exact) mass is 589 g/mol. The first-order valence-electron chi connectivity index (χ1n) is 13.5. The fraction of sp³-hybridized carbons (Fsp3) is 0.517. The summed E-state index contributed by atoms with van der Waals surface area (Å²) in [6.45, 7) is 2.77. The van der Waals surface area contributed by atoms with E-state index in [1.54, 1.807) is 24.3 Å². The summed E-state index contributed by atoms with van der Waals surface area (Å²) < 4.78 is 88.7. The van der Waals surface area contributed by atoms with Crippen LogP contribution in [-0.4, -0.2) is 46.8 Å². The molecule has 0 unspecified atom stereocenters. The fourth-order valence-corrected chi connectivity index (χ4v) is 6.40. The van der Waals surface area contributed by atoms with Gasteiger partial charge < -0.3 is 14.8 Å². The van der Waals surface area contributed by atoms with E-state index >= 15 is 0 Å². The molecule has 1 aromatic heterocycles. The molecule has 5 nitrogen and oxygen atoms in total. The number of alkyl halides is 5. The second-order valence-corrected chi connectivity index (χ2v) is 12.6. The molecule has 0 fully saturated rings. The number of fused-ring (bicyclic) bond motifs is 1. The highest BCUT2D eigenvalue weighted by Crippen LogP contribution is 2.39. The second-order valence-electron chi connectivity index (χ2n) is 10.3. The Morgan fingerprint density at radius 1 is 0.750 bits per heavy atom. The zero-order chi connectivity index (χ0) is 29.6. The molecule has 0 saturated carbocycles. The summed E-state index contributed by atoms with van der Waals surface area (Å²) in [5.74, 6) is -5.37. The molecule has 0 bridgehead atoms. The highest BCUT2D eigenvalue weighted by Gasteiger charge is 2.56. The number of rotatable bonds is 15. The van der Waals surface area contributed by atoms with Crippen LogP contribution in [0.3, 0.4) is 0 Å². The molecule has 11 heteroatoms. The zero-order valence-electron chi connectivity index (χ0n) is 22.5. The number of unbranched alkanes of at least 4 members (excludes halogenated alkanes) is 6. The Morgan fingerprint density at radius 3 is 1.93 bits per heavy atom. The molecule has 40 heavy (non-hydrogen) atoms. The van der Waals surface area contributed by atoms with Crippen LogP contribution in [0.4, 0.5) is 22.0 Å². The van der Waals surface area contributed by atoms with Crippen molar-refractivity contribution >= 4 is 20.7 Å². The van der Waals surface area contributed by atoms with Crippen LogP contribution < -0.4 is 0 Å². The average molecular weight is 590 g/mol. The van der Waals surface area contributed by atoms with Gasteiger partial charge in [0.2, 0.25) is 0 Å². The van der Waals surface area contributed by atoms with Crippen molar-refractivity contribution in [3.8, 4) is 22.8 Å². The lowest BCUT2D eigenvalue weighted by Crippen LogP contribution is -2.36. The Balaban J connectivity index is 1.42. The summed E-state index contributed by atoms with van der Waals surface area (Å²) in [6.07, 6.45) is -2.37. The van der Waals surface area contributed by atoms with Crippen molar-refractivity contribution in [1.29, 1.82) is 0 Å². The van der Waals surface area contributed by atoms with Gasteiger partial charge in [0.05, 0.1) is 17.2 Å². The van der Waals surface area contributed by atoms with Gasteiger partial charge in [-0.1, -0.05) is 32.1 Å². The first kappa shape index (κ1) is 31.7. The van der Waals surface area contributed by atoms with E-state index in [-0.39, 0.29) is 17.3 Å². The molecule has 0 amide bonds. The molecule has 0 aliphatic carbocycles. The maximum atomic E-state index is 12.9. The third-order valence-corrected chi connectivity index (χ3v) is 8.96. The van der Waals surface area contributed by atoms with Gasteiger partial charge in [0.25, 0.3) is 0 Å². The molecule has 2 N–H and O–H groups in total. The minimum absolute atomic E-state index is 0.185. The van der Waals surface area contributed by atoms with Crippen LogP contribution >= 0.6 is 0 Å². The van der Waals surface area contributed by atoms with Gasteiger partial charge in [0.1, 0.15) is 21.3 Å². The number of aromatic nitrogens is 1. The molecule has 0 saturated heterocycles. The van der Waals surface area contributed by atoms with Crippen LogP contribution in [-0.2, 0) is 16.4 Å². The van der Waals surface area contributed by atoms with Crippen LogP contribution in [0.1, 0.15) is 63.4 Å². The second kappa shape index (κ2) is 13.2. The number of phenolic OH excluding ortho intramolecular Hbond substituents is 2. The van der Waals surface area contributed by atoms with Gasteiger partial charge in [-0.15, -0.1) is 0 Å². The van der Waals surface area contributed by atoms with Crippen LogP contribution in [0.25, 0.3) is 22.2 Å². The lowest BCUT2D eigenvalue weighted by Gasteiger charge is -2.19. The minimum Gasteiger partial charge on any atom is -0.508 e. The molecule has 2 aromatic carbocycles. The first-order chi connectivity index (χ1) is 18.7. The molecule has 3 rings (SSSR count). The highest BCUT2D eigenvalue weighted by molar-refractivity contribution is 7.91. The summed E-state index contributed by atoms with van der Waals surface area (Å²) in [6, 6.07) is 12.3. The summed E-state index contributed by atoms with van der Waals surface area (Å²) >= 11 is 0. The van der Waals surface area contributed by atoms with Crippen LogP contribution in [0.15, 0.2) is 42.5 Å². The maximum Gasteiger partial charge on any atom is 0.453 e. The summed E-state index contributed by atoms with van der Waals surface area (Å²) in [5.41, 5.74) is 4.06. The number of aryl methyl sites for hydroxylation is 2. The Kier molecular flexibility index (Phi) is 10.5. The molecule has 0 radical (unpaired) electrons. The predicted octanol–water partition coefficient (Wildman–Crippen LogP) is 8.15. The van der Waals surface area contributed by atoms with Crippen LogP contribution in [0.5, 0.6) is 11.5 Å². The molecule has 0 aliphatic rings. The molecule has 0 aliphatic heterocycles. The Labute approximate surface area is 231 Å². The van der Waals surface area contributed by atoms with Gasteiger partial charge in [0.15, 0.2) is 0 Å². The van der Waals surface area contributed by atoms with E-state index in [2.05, 4.69) is 4.57 Å². The van der Waals surface area contributed by atoms with E-state index in [4.69, 9.17) is 0 Å². The largest absolute Gasteiger partial charge is 0.508 e. The van der Waals surface area contributed by atoms with Gasteiger partial charge in [-0.3, -0.25) is 0 Å². The van der Waals surface area contributed by atoms with Crippen molar-refractivity contribution in [2.45, 2.75) is 83.4 Å². The Bertz CT molecular complexity index is 1370. The van der Waals surface area contributed by atoms with Crippen molar-refractivity contribution < 1.29 is 40.6 Å². The molecular formula is C29H36F5NO4S. The lowest BCUT2D eigenvalue weighted by atomic mass is 10.1. The van der Waals surface area contributed by atoms with Crippen molar-refractivity contribution in [2.24, 2.45) is 0 Å². The van der Waals surface area contributed by atoms with E-state index in [0.29, 0.717) is 12.8 Å². The number of sulfone groups is 1. The van der Waals surface area contributed by atoms with Gasteiger partial charge in [-0.2, -0.15) is 22.0 Å². The van der Waals surface area contributed by atoms with E-state index < -0.39 is 40.5 Å². The topological polar surface area (TPSA) is 79.5 Å². The number of phenols is 2. The van der Waals surface area contributed by atoms with E-state index in [1.165, 1.54) is 0 Å². The lowest BCUT2D eigenvalue weighted by molar-refractivity contribution is -0.284. The number of benzene rings is 2. The average Bonchev–Trinajstić information content (AvgIpc) is 3.13. The van der Waals surface area contributed by atoms with Crippen molar-refractivity contribution in [1.82, 2.24) is 4.57 Å². The number of nitrogens with zero attached hydrogens (tertiary/aromatic N) is 1. The van der Waals surface area contributed by atoms with E-state index in [1.807, 2.05) is 25.1 Å². The SMILES string of the molecule is Cc1c(-c2ccc(O)cc2)n(CCCCCCCCCS(=O)(=O)CCCC(F)(F)C(F)(F)F)c2ccc(O)cc12. The van der Waals surface area contributed by atoms with E-state index in [9.17, 15) is 40.6 Å². The highest BCUT2D eigenvalue weighted by atomic mass is 32.2. The molecule has 1 heterocycles. The first-order valence-corrected chi connectivity index (χ1v) is 15.3. The Morgan fingerprint density at radius 2 is 1.30 bits per heavy atom. The van der Waals surface area contributed by atoms with Crippen LogP contribution in [0.2, 0.25) is 0 Å². The number of halogens is 5. The number of hydrogen-bond acceptors (Lipinski definition) is 4. The summed E-state index contributed by atoms with van der Waals surface area (Å²) in [7, 11) is -3.66. The quantitative estimate of drug-likeness (QED) is 0.139. The minimum atomic E-state index is -5.66. The van der Waals surface area contributed by atoms with Gasteiger partial charge >= 0.3 is 12.1 Å². The molecular weight excluding hydrogens is 553 g/mol. The number of aromatic hydroxyl groups is 2. The predicted molar refractivity (Wildman–Crippen MR) is 147 cm³/mol. The molecule has 0 spiro atoms. The molecule has 222 valence electrons.